The zero-order chi connectivity index (χ0) is 29.9. The van der Waals surface area contributed by atoms with Crippen molar-refractivity contribution in [1.82, 2.24) is 29.9 Å². The van der Waals surface area contributed by atoms with E-state index in [0.717, 1.165) is 62.8 Å². The summed E-state index contributed by atoms with van der Waals surface area (Å²) in [5, 5.41) is 6.20. The van der Waals surface area contributed by atoms with Crippen LogP contribution in [0.15, 0.2) is 71.6 Å². The van der Waals surface area contributed by atoms with Gasteiger partial charge in [0.2, 0.25) is 0 Å². The maximum atomic E-state index is 13.1. The quantitative estimate of drug-likeness (QED) is 0.493. The van der Waals surface area contributed by atoms with Crippen molar-refractivity contribution in [1.29, 1.82) is 0 Å². The molecular formula is C33H45N9O. The lowest BCUT2D eigenvalue weighted by atomic mass is 9.90. The zero-order valence-electron chi connectivity index (χ0n) is 25.9. The number of aromatic nitrogens is 1. The number of fused-ring (bicyclic) bond motifs is 2. The van der Waals surface area contributed by atoms with Crippen LogP contribution in [0.25, 0.3) is 0 Å². The molecule has 0 saturated carbocycles. The number of anilines is 2. The largest absolute Gasteiger partial charge is 0.378 e. The molecule has 1 aromatic carbocycles. The number of amidine groups is 1. The van der Waals surface area contributed by atoms with Crippen LogP contribution in [0.5, 0.6) is 0 Å². The Morgan fingerprint density at radius 2 is 1.86 bits per heavy atom. The second-order valence-corrected chi connectivity index (χ2v) is 12.3. The number of pyridine rings is 1. The van der Waals surface area contributed by atoms with Crippen LogP contribution in [0, 0.1) is 0 Å². The molecule has 2 N–H and O–H groups in total. The van der Waals surface area contributed by atoms with E-state index < -0.39 is 0 Å². The summed E-state index contributed by atoms with van der Waals surface area (Å²) in [4.78, 5) is 34.9. The van der Waals surface area contributed by atoms with E-state index in [4.69, 9.17) is 9.98 Å². The number of nitrogens with one attached hydrogen (secondary N) is 2. The van der Waals surface area contributed by atoms with E-state index in [1.165, 1.54) is 23.5 Å². The van der Waals surface area contributed by atoms with Crippen LogP contribution in [0.1, 0.15) is 30.1 Å². The fourth-order valence-corrected chi connectivity index (χ4v) is 6.71. The third kappa shape index (κ3) is 6.40. The van der Waals surface area contributed by atoms with Crippen molar-refractivity contribution in [2.24, 2.45) is 4.99 Å². The molecule has 10 nitrogen and oxygen atoms in total. The highest BCUT2D eigenvalue weighted by Crippen LogP contribution is 2.34. The lowest BCUT2D eigenvalue weighted by Gasteiger charge is -2.42. The van der Waals surface area contributed by atoms with Gasteiger partial charge in [-0.1, -0.05) is 12.1 Å². The zero-order valence-corrected chi connectivity index (χ0v) is 25.9. The van der Waals surface area contributed by atoms with Crippen molar-refractivity contribution in [3.05, 3.63) is 77.9 Å². The molecule has 1 saturated heterocycles. The minimum atomic E-state index is -0.207. The van der Waals surface area contributed by atoms with Crippen molar-refractivity contribution < 1.29 is 4.79 Å². The summed E-state index contributed by atoms with van der Waals surface area (Å²) >= 11 is 0. The molecule has 1 aliphatic carbocycles. The van der Waals surface area contributed by atoms with E-state index in [-0.39, 0.29) is 24.2 Å². The highest BCUT2D eigenvalue weighted by Gasteiger charge is 2.41. The Hall–Kier alpha value is -3.89. The average Bonchev–Trinajstić information content (AvgIpc) is 3.37. The molecule has 0 radical (unpaired) electrons. The normalized spacial score (nSPS) is 23.4. The molecule has 1 fully saturated rings. The molecule has 4 aliphatic rings. The summed E-state index contributed by atoms with van der Waals surface area (Å²) in [7, 11) is 8.39. The predicted molar refractivity (Wildman–Crippen MR) is 173 cm³/mol. The number of benzene rings is 1. The first-order valence-corrected chi connectivity index (χ1v) is 15.5. The van der Waals surface area contributed by atoms with Gasteiger partial charge in [-0.15, -0.1) is 0 Å². The molecule has 2 aromatic rings. The van der Waals surface area contributed by atoms with Crippen molar-refractivity contribution in [2.75, 3.05) is 77.7 Å². The first-order chi connectivity index (χ1) is 20.9. The molecule has 2 unspecified atom stereocenters. The number of aryl methyl sites for hydroxylation is 1. The number of nitrogens with zero attached hydrogens (tertiary/aromatic N) is 7. The summed E-state index contributed by atoms with van der Waals surface area (Å²) < 4.78 is 0. The van der Waals surface area contributed by atoms with Crippen LogP contribution in [0.2, 0.25) is 0 Å². The van der Waals surface area contributed by atoms with Crippen LogP contribution in [-0.2, 0) is 6.42 Å². The van der Waals surface area contributed by atoms with Gasteiger partial charge in [0.15, 0.2) is 0 Å². The minimum Gasteiger partial charge on any atom is -0.378 e. The van der Waals surface area contributed by atoms with Gasteiger partial charge in [0.25, 0.3) is 0 Å². The molecular weight excluding hydrogens is 538 g/mol. The third-order valence-corrected chi connectivity index (χ3v) is 9.17. The van der Waals surface area contributed by atoms with Gasteiger partial charge in [-0.25, -0.2) is 4.79 Å². The van der Waals surface area contributed by atoms with Gasteiger partial charge in [-0.3, -0.25) is 14.9 Å². The summed E-state index contributed by atoms with van der Waals surface area (Å²) in [6.07, 6.45) is 11.7. The van der Waals surface area contributed by atoms with Crippen LogP contribution in [0.3, 0.4) is 0 Å². The van der Waals surface area contributed by atoms with E-state index in [1.807, 2.05) is 55.5 Å². The number of hydrogen-bond acceptors (Lipinski definition) is 8. The topological polar surface area (TPSA) is 82.6 Å². The molecule has 3 atom stereocenters. The summed E-state index contributed by atoms with van der Waals surface area (Å²) in [5.74, 6) is 2.15. The van der Waals surface area contributed by atoms with Gasteiger partial charge < -0.3 is 30.2 Å². The summed E-state index contributed by atoms with van der Waals surface area (Å²) in [5.41, 5.74) is 4.42. The smallest absolute Gasteiger partial charge is 0.319 e. The van der Waals surface area contributed by atoms with E-state index >= 15 is 0 Å². The maximum absolute atomic E-state index is 13.1. The monoisotopic (exact) mass is 583 g/mol. The first kappa shape index (κ1) is 29.2. The molecule has 228 valence electrons. The summed E-state index contributed by atoms with van der Waals surface area (Å²) in [6.45, 7) is 5.26. The number of amides is 2. The van der Waals surface area contributed by atoms with E-state index in [0.29, 0.717) is 6.54 Å². The van der Waals surface area contributed by atoms with Crippen LogP contribution in [-0.4, -0.2) is 116 Å². The fraction of sp³-hybridized carbons (Fsp3) is 0.485. The molecule has 0 spiro atoms. The lowest BCUT2D eigenvalue weighted by molar-refractivity contribution is 0.140. The van der Waals surface area contributed by atoms with Crippen LogP contribution >= 0.6 is 0 Å². The van der Waals surface area contributed by atoms with Crippen molar-refractivity contribution in [2.45, 2.75) is 37.4 Å². The van der Waals surface area contributed by atoms with Crippen molar-refractivity contribution >= 4 is 23.2 Å². The molecule has 1 aromatic heterocycles. The van der Waals surface area contributed by atoms with E-state index in [2.05, 4.69) is 68.6 Å². The Balaban J connectivity index is 1.19. The Morgan fingerprint density at radius 3 is 2.63 bits per heavy atom. The van der Waals surface area contributed by atoms with Crippen LogP contribution < -0.4 is 15.5 Å². The van der Waals surface area contributed by atoms with Gasteiger partial charge in [-0.05, 0) is 81.4 Å². The Morgan fingerprint density at radius 1 is 1.07 bits per heavy atom. The maximum Gasteiger partial charge on any atom is 0.319 e. The summed E-state index contributed by atoms with van der Waals surface area (Å²) in [6, 6.07) is 12.2. The number of carbonyl (C=O) groups excluding carboxylic acids is 1. The number of carbonyl (C=O) groups is 1. The number of aliphatic imine (C=N–C) groups is 1. The van der Waals surface area contributed by atoms with Crippen LogP contribution in [0.4, 0.5) is 16.2 Å². The van der Waals surface area contributed by atoms with Gasteiger partial charge in [0, 0.05) is 70.9 Å². The second-order valence-electron chi connectivity index (χ2n) is 12.3. The highest BCUT2D eigenvalue weighted by atomic mass is 16.2. The molecule has 2 amide bonds. The molecule has 4 heterocycles. The number of hydrogen-bond donors (Lipinski definition) is 2. The standard InChI is InChI=1S/C33H45N9O/c1-38(2)26-15-13-25(14-16-26)36-33(43)35-22-29-27(23-40(4)28-10-5-8-24-9-7-17-34-32(24)28)37-30-11-6-12-31(42(29)30)41-20-18-39(3)19-21-41/h6-7,9,11-17,27-29H,5,8,10,18-23H2,1-4H3,(H2,35,36,43)/t27?,28-,29?/m0/s1. The Kier molecular flexibility index (Phi) is 8.67. The highest BCUT2D eigenvalue weighted by molar-refractivity contribution is 5.97. The first-order valence-electron chi connectivity index (χ1n) is 15.5. The Labute approximate surface area is 255 Å². The van der Waals surface area contributed by atoms with Gasteiger partial charge in [0.1, 0.15) is 11.7 Å². The van der Waals surface area contributed by atoms with Crippen molar-refractivity contribution in [3.8, 4) is 0 Å². The second kappa shape index (κ2) is 12.8. The van der Waals surface area contributed by atoms with E-state index in [1.54, 1.807) is 0 Å². The number of urea groups is 1. The predicted octanol–water partition coefficient (Wildman–Crippen LogP) is 3.39. The number of likely N-dealkylation sites (N-methyl/N-ethyl adjacent to an activating group) is 2. The van der Waals surface area contributed by atoms with Crippen molar-refractivity contribution in [3.63, 3.8) is 0 Å². The molecule has 43 heavy (non-hydrogen) atoms. The van der Waals surface area contributed by atoms with Gasteiger partial charge in [-0.2, -0.15) is 0 Å². The molecule has 10 heteroatoms. The van der Waals surface area contributed by atoms with Gasteiger partial charge in [0.05, 0.1) is 23.8 Å². The lowest BCUT2D eigenvalue weighted by Crippen LogP contribution is -2.54. The number of piperazine rings is 1. The number of rotatable bonds is 8. The molecule has 3 aliphatic heterocycles. The SMILES string of the molecule is CN1CCN(C2=CC=CC3=NC(CN(C)[C@H]4CCCc5cccnc54)C(CNC(=O)Nc4ccc(N(C)C)cc4)N23)CC1. The Bertz CT molecular complexity index is 1380. The third-order valence-electron chi connectivity index (χ3n) is 9.17. The minimum absolute atomic E-state index is 0.00706. The van der Waals surface area contributed by atoms with Gasteiger partial charge >= 0.3 is 6.03 Å². The molecule has 6 rings (SSSR count). The molecule has 0 bridgehead atoms. The fourth-order valence-electron chi connectivity index (χ4n) is 6.71. The van der Waals surface area contributed by atoms with E-state index in [9.17, 15) is 4.79 Å². The number of allylic oxidation sites excluding steroid dienone is 2. The average molecular weight is 584 g/mol.